The van der Waals surface area contributed by atoms with E-state index in [-0.39, 0.29) is 17.7 Å². The van der Waals surface area contributed by atoms with Gasteiger partial charge in [-0.3, -0.25) is 14.6 Å². The van der Waals surface area contributed by atoms with Crippen LogP contribution in [0.25, 0.3) is 0 Å². The van der Waals surface area contributed by atoms with E-state index in [1.165, 1.54) is 12.8 Å². The van der Waals surface area contributed by atoms with Crippen LogP contribution in [0, 0.1) is 12.8 Å². The standard InChI is InChI=1S/C21H26N4O2S/c1-14-24-18(13-28-14)9-20(26)25-8-2-3-17(12-25)19-7-6-16(11-22-19)21(27)23-10-15-4-5-15/h6-7,11,13,15,17H,2-5,8-10,12H2,1H3,(H,23,27). The number of hydrogen-bond acceptors (Lipinski definition) is 5. The van der Waals surface area contributed by atoms with Gasteiger partial charge < -0.3 is 10.2 Å². The first-order valence-electron chi connectivity index (χ1n) is 10.0. The Kier molecular flexibility index (Phi) is 5.71. The summed E-state index contributed by atoms with van der Waals surface area (Å²) in [7, 11) is 0. The van der Waals surface area contributed by atoms with Gasteiger partial charge in [-0.15, -0.1) is 11.3 Å². The molecule has 0 aromatic carbocycles. The van der Waals surface area contributed by atoms with Crippen molar-refractivity contribution in [3.63, 3.8) is 0 Å². The zero-order chi connectivity index (χ0) is 19.5. The first-order valence-corrected chi connectivity index (χ1v) is 10.9. The maximum Gasteiger partial charge on any atom is 0.252 e. The molecule has 1 saturated carbocycles. The van der Waals surface area contributed by atoms with Crippen molar-refractivity contribution in [1.29, 1.82) is 0 Å². The lowest BCUT2D eigenvalue weighted by Crippen LogP contribution is -2.40. The predicted octanol–water partition coefficient (Wildman–Crippen LogP) is 2.94. The highest BCUT2D eigenvalue weighted by molar-refractivity contribution is 7.09. The summed E-state index contributed by atoms with van der Waals surface area (Å²) < 4.78 is 0. The van der Waals surface area contributed by atoms with E-state index in [4.69, 9.17) is 0 Å². The van der Waals surface area contributed by atoms with Gasteiger partial charge in [-0.25, -0.2) is 4.98 Å². The third-order valence-corrected chi connectivity index (χ3v) is 6.31. The Hall–Kier alpha value is -2.28. The second-order valence-corrected chi connectivity index (χ2v) is 8.90. The van der Waals surface area contributed by atoms with Gasteiger partial charge in [0.05, 0.1) is 22.7 Å². The fourth-order valence-corrected chi connectivity index (χ4v) is 4.26. The Morgan fingerprint density at radius 2 is 2.14 bits per heavy atom. The summed E-state index contributed by atoms with van der Waals surface area (Å²) in [6, 6.07) is 3.79. The number of hydrogen-bond donors (Lipinski definition) is 1. The Labute approximate surface area is 169 Å². The Bertz CT molecular complexity index is 844. The lowest BCUT2D eigenvalue weighted by atomic mass is 9.93. The number of nitrogens with zero attached hydrogens (tertiary/aromatic N) is 3. The van der Waals surface area contributed by atoms with Gasteiger partial charge in [0.15, 0.2) is 0 Å². The fraction of sp³-hybridized carbons (Fsp3) is 0.524. The number of carbonyl (C=O) groups is 2. The van der Waals surface area contributed by atoms with E-state index in [9.17, 15) is 9.59 Å². The molecule has 1 aliphatic heterocycles. The number of likely N-dealkylation sites (tertiary alicyclic amines) is 1. The summed E-state index contributed by atoms with van der Waals surface area (Å²) in [5.41, 5.74) is 2.42. The number of aromatic nitrogens is 2. The minimum absolute atomic E-state index is 0.0510. The number of rotatable bonds is 6. The molecule has 1 atom stereocenters. The molecule has 2 amide bonds. The van der Waals surface area contributed by atoms with Crippen LogP contribution in [-0.2, 0) is 11.2 Å². The lowest BCUT2D eigenvalue weighted by Gasteiger charge is -2.32. The monoisotopic (exact) mass is 398 g/mol. The van der Waals surface area contributed by atoms with E-state index in [1.54, 1.807) is 17.5 Å². The van der Waals surface area contributed by atoms with Crippen LogP contribution in [-0.4, -0.2) is 46.3 Å². The molecule has 1 saturated heterocycles. The Morgan fingerprint density at radius 3 is 2.82 bits per heavy atom. The Morgan fingerprint density at radius 1 is 1.29 bits per heavy atom. The van der Waals surface area contributed by atoms with E-state index in [0.29, 0.717) is 24.4 Å². The highest BCUT2D eigenvalue weighted by Gasteiger charge is 2.26. The van der Waals surface area contributed by atoms with Crippen LogP contribution < -0.4 is 5.32 Å². The molecule has 7 heteroatoms. The molecule has 6 nitrogen and oxygen atoms in total. The molecule has 2 fully saturated rings. The number of amides is 2. The minimum atomic E-state index is -0.0510. The molecule has 0 radical (unpaired) electrons. The summed E-state index contributed by atoms with van der Waals surface area (Å²) in [5.74, 6) is 0.963. The highest BCUT2D eigenvalue weighted by atomic mass is 32.1. The quantitative estimate of drug-likeness (QED) is 0.812. The predicted molar refractivity (Wildman–Crippen MR) is 108 cm³/mol. The minimum Gasteiger partial charge on any atom is -0.352 e. The molecule has 2 aromatic heterocycles. The molecule has 2 aromatic rings. The summed E-state index contributed by atoms with van der Waals surface area (Å²) in [6.07, 6.45) is 6.45. The van der Waals surface area contributed by atoms with Crippen LogP contribution in [0.2, 0.25) is 0 Å². The van der Waals surface area contributed by atoms with Gasteiger partial charge in [-0.05, 0) is 50.7 Å². The van der Waals surface area contributed by atoms with Gasteiger partial charge in [0.2, 0.25) is 5.91 Å². The molecule has 0 bridgehead atoms. The van der Waals surface area contributed by atoms with Gasteiger partial charge in [-0.1, -0.05) is 0 Å². The second kappa shape index (κ2) is 8.39. The smallest absolute Gasteiger partial charge is 0.252 e. The molecule has 148 valence electrons. The molecule has 1 unspecified atom stereocenters. The van der Waals surface area contributed by atoms with Crippen LogP contribution in [0.15, 0.2) is 23.7 Å². The summed E-state index contributed by atoms with van der Waals surface area (Å²) in [5, 5.41) is 5.92. The Balaban J connectivity index is 1.34. The van der Waals surface area contributed by atoms with E-state index >= 15 is 0 Å². The van der Waals surface area contributed by atoms with Gasteiger partial charge in [-0.2, -0.15) is 0 Å². The molecular formula is C21H26N4O2S. The molecule has 4 rings (SSSR count). The van der Waals surface area contributed by atoms with E-state index < -0.39 is 0 Å². The summed E-state index contributed by atoms with van der Waals surface area (Å²) >= 11 is 1.58. The number of piperidine rings is 1. The van der Waals surface area contributed by atoms with Crippen LogP contribution in [0.3, 0.4) is 0 Å². The van der Waals surface area contributed by atoms with E-state index in [0.717, 1.165) is 42.3 Å². The molecular weight excluding hydrogens is 372 g/mol. The average molecular weight is 399 g/mol. The lowest BCUT2D eigenvalue weighted by molar-refractivity contribution is -0.131. The molecule has 28 heavy (non-hydrogen) atoms. The zero-order valence-corrected chi connectivity index (χ0v) is 17.0. The van der Waals surface area contributed by atoms with Crippen LogP contribution in [0.4, 0.5) is 0 Å². The zero-order valence-electron chi connectivity index (χ0n) is 16.2. The maximum absolute atomic E-state index is 12.6. The van der Waals surface area contributed by atoms with Crippen LogP contribution in [0.5, 0.6) is 0 Å². The second-order valence-electron chi connectivity index (χ2n) is 7.84. The van der Waals surface area contributed by atoms with Crippen molar-refractivity contribution >= 4 is 23.2 Å². The summed E-state index contributed by atoms with van der Waals surface area (Å²) in [4.78, 5) is 35.7. The number of nitrogens with one attached hydrogen (secondary N) is 1. The number of aryl methyl sites for hydroxylation is 1. The molecule has 1 N–H and O–H groups in total. The molecule has 0 spiro atoms. The highest BCUT2D eigenvalue weighted by Crippen LogP contribution is 2.28. The van der Waals surface area contributed by atoms with Crippen LogP contribution >= 0.6 is 11.3 Å². The van der Waals surface area contributed by atoms with Gasteiger partial charge in [0, 0.05) is 42.8 Å². The van der Waals surface area contributed by atoms with Crippen LogP contribution in [0.1, 0.15) is 58.4 Å². The van der Waals surface area contributed by atoms with Gasteiger partial charge in [0.1, 0.15) is 0 Å². The van der Waals surface area contributed by atoms with E-state index in [1.807, 2.05) is 29.3 Å². The van der Waals surface area contributed by atoms with Crippen molar-refractivity contribution in [2.24, 2.45) is 5.92 Å². The van der Waals surface area contributed by atoms with Crippen molar-refractivity contribution in [3.05, 3.63) is 45.7 Å². The largest absolute Gasteiger partial charge is 0.352 e. The molecule has 1 aliphatic carbocycles. The van der Waals surface area contributed by atoms with E-state index in [2.05, 4.69) is 15.3 Å². The number of pyridine rings is 1. The topological polar surface area (TPSA) is 75.2 Å². The van der Waals surface area contributed by atoms with Crippen molar-refractivity contribution < 1.29 is 9.59 Å². The van der Waals surface area contributed by atoms with Crippen molar-refractivity contribution in [2.45, 2.75) is 44.9 Å². The third kappa shape index (κ3) is 4.76. The van der Waals surface area contributed by atoms with Gasteiger partial charge in [0.25, 0.3) is 5.91 Å². The first-order chi connectivity index (χ1) is 13.6. The summed E-state index contributed by atoms with van der Waals surface area (Å²) in [6.45, 7) is 4.19. The maximum atomic E-state index is 12.6. The molecule has 2 aliphatic rings. The normalized spacial score (nSPS) is 19.5. The molecule has 3 heterocycles. The van der Waals surface area contributed by atoms with Gasteiger partial charge >= 0.3 is 0 Å². The first kappa shape index (κ1) is 19.1. The van der Waals surface area contributed by atoms with Crippen molar-refractivity contribution in [1.82, 2.24) is 20.2 Å². The number of carbonyl (C=O) groups excluding carboxylic acids is 2. The van der Waals surface area contributed by atoms with Crippen molar-refractivity contribution in [3.8, 4) is 0 Å². The van der Waals surface area contributed by atoms with Crippen molar-refractivity contribution in [2.75, 3.05) is 19.6 Å². The third-order valence-electron chi connectivity index (χ3n) is 5.49. The number of thiazole rings is 1. The SMILES string of the molecule is Cc1nc(CC(=O)N2CCCC(c3ccc(C(=O)NCC4CC4)cn3)C2)cs1. The fourth-order valence-electron chi connectivity index (χ4n) is 3.64. The average Bonchev–Trinajstić information content (AvgIpc) is 3.47.